The second kappa shape index (κ2) is 7.82. The molecule has 0 atom stereocenters. The van der Waals surface area contributed by atoms with Crippen molar-refractivity contribution in [2.45, 2.75) is 32.6 Å². The Hall–Kier alpha value is -2.65. The Balaban J connectivity index is 2.06. The fraction of sp³-hybridized carbons (Fsp3) is 0.278. The van der Waals surface area contributed by atoms with E-state index < -0.39 is 0 Å². The highest BCUT2D eigenvalue weighted by Crippen LogP contribution is 2.15. The van der Waals surface area contributed by atoms with Gasteiger partial charge in [0.15, 0.2) is 11.9 Å². The SMILES string of the molecule is CCCCCc1cnc(-c2ccc(C#CC#N)cc2)nc1. The summed E-state index contributed by atoms with van der Waals surface area (Å²) >= 11 is 0. The molecule has 0 unspecified atom stereocenters. The van der Waals surface area contributed by atoms with Crippen molar-refractivity contribution in [1.29, 1.82) is 5.26 Å². The van der Waals surface area contributed by atoms with Crippen LogP contribution in [0.2, 0.25) is 0 Å². The molecule has 1 heterocycles. The van der Waals surface area contributed by atoms with Crippen molar-refractivity contribution in [3.8, 4) is 29.3 Å². The number of hydrogen-bond acceptors (Lipinski definition) is 3. The standard InChI is InChI=1S/C18H17N3/c1-2-3-4-6-16-13-20-18(21-14-16)17-10-8-15(9-11-17)7-5-12-19/h8-11,13-14H,2-4,6H2,1H3. The van der Waals surface area contributed by atoms with Gasteiger partial charge < -0.3 is 0 Å². The number of unbranched alkanes of at least 4 members (excludes halogenated alkanes) is 2. The summed E-state index contributed by atoms with van der Waals surface area (Å²) in [6.07, 6.45) is 8.50. The zero-order valence-electron chi connectivity index (χ0n) is 12.1. The Kier molecular flexibility index (Phi) is 5.50. The number of aryl methyl sites for hydroxylation is 1. The number of benzene rings is 1. The van der Waals surface area contributed by atoms with Gasteiger partial charge in [-0.25, -0.2) is 9.97 Å². The highest BCUT2D eigenvalue weighted by Gasteiger charge is 2.01. The monoisotopic (exact) mass is 275 g/mol. The molecule has 0 bridgehead atoms. The van der Waals surface area contributed by atoms with E-state index in [4.69, 9.17) is 5.26 Å². The lowest BCUT2D eigenvalue weighted by atomic mass is 10.1. The molecule has 2 rings (SSSR count). The van der Waals surface area contributed by atoms with Crippen LogP contribution in [0, 0.1) is 23.2 Å². The summed E-state index contributed by atoms with van der Waals surface area (Å²) in [5, 5.41) is 8.42. The van der Waals surface area contributed by atoms with Gasteiger partial charge in [0.2, 0.25) is 0 Å². The van der Waals surface area contributed by atoms with Gasteiger partial charge in [0.1, 0.15) is 0 Å². The average Bonchev–Trinajstić information content (AvgIpc) is 2.54. The Morgan fingerprint density at radius 2 is 1.76 bits per heavy atom. The number of nitrogens with zero attached hydrogens (tertiary/aromatic N) is 3. The van der Waals surface area contributed by atoms with E-state index in [1.807, 2.05) is 36.7 Å². The number of hydrogen-bond donors (Lipinski definition) is 0. The van der Waals surface area contributed by atoms with Crippen molar-refractivity contribution < 1.29 is 0 Å². The van der Waals surface area contributed by atoms with E-state index in [1.165, 1.54) is 24.8 Å². The van der Waals surface area contributed by atoms with E-state index in [0.29, 0.717) is 5.82 Å². The summed E-state index contributed by atoms with van der Waals surface area (Å²) in [6, 6.07) is 9.40. The number of rotatable bonds is 5. The molecule has 0 aliphatic carbocycles. The summed E-state index contributed by atoms with van der Waals surface area (Å²) in [7, 11) is 0. The molecule has 0 saturated carbocycles. The normalized spacial score (nSPS) is 9.52. The van der Waals surface area contributed by atoms with Gasteiger partial charge in [-0.3, -0.25) is 0 Å². The smallest absolute Gasteiger partial charge is 0.159 e. The van der Waals surface area contributed by atoms with Crippen LogP contribution in [0.15, 0.2) is 36.7 Å². The van der Waals surface area contributed by atoms with Gasteiger partial charge >= 0.3 is 0 Å². The molecular formula is C18H17N3. The number of nitriles is 1. The molecule has 1 aromatic heterocycles. The average molecular weight is 275 g/mol. The lowest BCUT2D eigenvalue weighted by molar-refractivity contribution is 0.714. The molecule has 0 spiro atoms. The first kappa shape index (κ1) is 14.8. The Morgan fingerprint density at radius 1 is 1.05 bits per heavy atom. The quantitative estimate of drug-likeness (QED) is 0.616. The Morgan fingerprint density at radius 3 is 2.38 bits per heavy atom. The molecule has 3 nitrogen and oxygen atoms in total. The van der Waals surface area contributed by atoms with Crippen LogP contribution in [-0.2, 0) is 6.42 Å². The van der Waals surface area contributed by atoms with E-state index in [0.717, 1.165) is 17.5 Å². The van der Waals surface area contributed by atoms with Crippen LogP contribution in [0.5, 0.6) is 0 Å². The molecule has 0 fully saturated rings. The largest absolute Gasteiger partial charge is 0.236 e. The van der Waals surface area contributed by atoms with Crippen molar-refractivity contribution in [2.75, 3.05) is 0 Å². The van der Waals surface area contributed by atoms with Crippen molar-refractivity contribution in [3.05, 3.63) is 47.8 Å². The van der Waals surface area contributed by atoms with Crippen LogP contribution in [0.25, 0.3) is 11.4 Å². The molecular weight excluding hydrogens is 258 g/mol. The number of aromatic nitrogens is 2. The third-order valence-electron chi connectivity index (χ3n) is 3.18. The zero-order valence-corrected chi connectivity index (χ0v) is 12.1. The second-order valence-electron chi connectivity index (χ2n) is 4.81. The van der Waals surface area contributed by atoms with E-state index in [2.05, 4.69) is 28.7 Å². The van der Waals surface area contributed by atoms with Gasteiger partial charge in [0.25, 0.3) is 0 Å². The predicted octanol–water partition coefficient (Wildman–Crippen LogP) is 3.75. The van der Waals surface area contributed by atoms with Gasteiger partial charge in [0.05, 0.1) is 0 Å². The van der Waals surface area contributed by atoms with Crippen molar-refractivity contribution in [1.82, 2.24) is 9.97 Å². The lowest BCUT2D eigenvalue weighted by Gasteiger charge is -2.03. The first-order valence-electron chi connectivity index (χ1n) is 7.15. The van der Waals surface area contributed by atoms with Gasteiger partial charge in [-0.15, -0.1) is 0 Å². The minimum Gasteiger partial charge on any atom is -0.236 e. The predicted molar refractivity (Wildman–Crippen MR) is 83.2 cm³/mol. The molecule has 0 aliphatic rings. The van der Waals surface area contributed by atoms with Crippen LogP contribution < -0.4 is 0 Å². The van der Waals surface area contributed by atoms with E-state index in [1.54, 1.807) is 6.07 Å². The lowest BCUT2D eigenvalue weighted by Crippen LogP contribution is -1.93. The molecule has 0 aliphatic heterocycles. The zero-order chi connectivity index (χ0) is 14.9. The summed E-state index contributed by atoms with van der Waals surface area (Å²) in [5.74, 6) is 5.86. The Bertz CT molecular complexity index is 668. The van der Waals surface area contributed by atoms with Crippen LogP contribution in [0.3, 0.4) is 0 Å². The molecule has 21 heavy (non-hydrogen) atoms. The van der Waals surface area contributed by atoms with Crippen molar-refractivity contribution >= 4 is 0 Å². The molecule has 0 radical (unpaired) electrons. The molecule has 104 valence electrons. The minimum absolute atomic E-state index is 0.717. The molecule has 0 saturated heterocycles. The molecule has 1 aromatic carbocycles. The summed E-state index contributed by atoms with van der Waals surface area (Å²) in [5.41, 5.74) is 2.96. The van der Waals surface area contributed by atoms with Crippen molar-refractivity contribution in [2.24, 2.45) is 0 Å². The molecule has 2 aromatic rings. The van der Waals surface area contributed by atoms with Gasteiger partial charge in [-0.1, -0.05) is 25.7 Å². The first-order valence-corrected chi connectivity index (χ1v) is 7.15. The van der Waals surface area contributed by atoms with E-state index in [9.17, 15) is 0 Å². The summed E-state index contributed by atoms with van der Waals surface area (Å²) < 4.78 is 0. The van der Waals surface area contributed by atoms with Crippen LogP contribution >= 0.6 is 0 Å². The fourth-order valence-corrected chi connectivity index (χ4v) is 2.01. The maximum Gasteiger partial charge on any atom is 0.159 e. The fourth-order valence-electron chi connectivity index (χ4n) is 2.01. The highest BCUT2D eigenvalue weighted by molar-refractivity contribution is 5.56. The van der Waals surface area contributed by atoms with Crippen LogP contribution in [0.4, 0.5) is 0 Å². The third kappa shape index (κ3) is 4.44. The molecule has 0 N–H and O–H groups in total. The second-order valence-corrected chi connectivity index (χ2v) is 4.81. The van der Waals surface area contributed by atoms with E-state index >= 15 is 0 Å². The third-order valence-corrected chi connectivity index (χ3v) is 3.18. The first-order chi connectivity index (χ1) is 10.3. The maximum absolute atomic E-state index is 8.42. The van der Waals surface area contributed by atoms with Gasteiger partial charge in [0, 0.05) is 29.4 Å². The highest BCUT2D eigenvalue weighted by atomic mass is 14.9. The Labute approximate surface area is 125 Å². The van der Waals surface area contributed by atoms with Crippen LogP contribution in [0.1, 0.15) is 37.3 Å². The topological polar surface area (TPSA) is 49.6 Å². The van der Waals surface area contributed by atoms with Gasteiger partial charge in [-0.05, 0) is 42.7 Å². The maximum atomic E-state index is 8.42. The molecule has 0 amide bonds. The van der Waals surface area contributed by atoms with Crippen LogP contribution in [-0.4, -0.2) is 9.97 Å². The summed E-state index contributed by atoms with van der Waals surface area (Å²) in [6.45, 7) is 2.20. The summed E-state index contributed by atoms with van der Waals surface area (Å²) in [4.78, 5) is 8.84. The minimum atomic E-state index is 0.717. The van der Waals surface area contributed by atoms with E-state index in [-0.39, 0.29) is 0 Å². The molecule has 3 heteroatoms. The van der Waals surface area contributed by atoms with Crippen molar-refractivity contribution in [3.63, 3.8) is 0 Å². The van der Waals surface area contributed by atoms with Gasteiger partial charge in [-0.2, -0.15) is 5.26 Å².